The summed E-state index contributed by atoms with van der Waals surface area (Å²) in [5, 5.41) is 0.605. The molecule has 0 aliphatic rings. The molecule has 0 aromatic heterocycles. The zero-order valence-electron chi connectivity index (χ0n) is 11.9. The second kappa shape index (κ2) is 7.82. The molecule has 0 aliphatic carbocycles. The molecule has 6 heteroatoms. The highest BCUT2D eigenvalue weighted by Gasteiger charge is 2.47. The summed E-state index contributed by atoms with van der Waals surface area (Å²) in [5.41, 5.74) is 1.27. The molecule has 1 aromatic rings. The molecule has 1 rings (SSSR count). The first-order valence-corrected chi connectivity index (χ1v) is 7.85. The van der Waals surface area contributed by atoms with Crippen molar-refractivity contribution in [3.63, 3.8) is 0 Å². The molecule has 0 saturated carbocycles. The Kier molecular flexibility index (Phi) is 6.71. The van der Waals surface area contributed by atoms with Crippen molar-refractivity contribution in [2.24, 2.45) is 5.92 Å². The molecule has 21 heavy (non-hydrogen) atoms. The van der Waals surface area contributed by atoms with Crippen molar-refractivity contribution in [2.45, 2.75) is 37.7 Å². The largest absolute Gasteiger partial charge is 0.466 e. The van der Waals surface area contributed by atoms with E-state index < -0.39 is 24.0 Å². The molecule has 2 unspecified atom stereocenters. The number of ether oxygens (including phenoxy) is 1. The number of alkyl halides is 4. The van der Waals surface area contributed by atoms with Crippen LogP contribution < -0.4 is 0 Å². The van der Waals surface area contributed by atoms with Crippen molar-refractivity contribution in [3.8, 4) is 0 Å². The smallest absolute Gasteiger partial charge is 0.392 e. The SMILES string of the molecule is CCOC(=O)C(c1ccc(CBr)cc1)C(CC)C(F)(F)F. The van der Waals surface area contributed by atoms with E-state index in [0.717, 1.165) is 5.56 Å². The number of benzene rings is 1. The lowest BCUT2D eigenvalue weighted by Gasteiger charge is -2.27. The maximum Gasteiger partial charge on any atom is 0.392 e. The highest BCUT2D eigenvalue weighted by Crippen LogP contribution is 2.40. The molecule has 1 aromatic carbocycles. The van der Waals surface area contributed by atoms with Crippen molar-refractivity contribution in [3.05, 3.63) is 35.4 Å². The fourth-order valence-electron chi connectivity index (χ4n) is 2.23. The van der Waals surface area contributed by atoms with Crippen molar-refractivity contribution in [2.75, 3.05) is 6.61 Å². The van der Waals surface area contributed by atoms with Gasteiger partial charge in [-0.3, -0.25) is 4.79 Å². The van der Waals surface area contributed by atoms with Crippen LogP contribution in [0.3, 0.4) is 0 Å². The fourth-order valence-corrected chi connectivity index (χ4v) is 2.61. The number of hydrogen-bond donors (Lipinski definition) is 0. The second-order valence-corrected chi connectivity index (χ2v) is 5.22. The lowest BCUT2D eigenvalue weighted by Crippen LogP contribution is -2.34. The highest BCUT2D eigenvalue weighted by molar-refractivity contribution is 9.08. The van der Waals surface area contributed by atoms with Crippen LogP contribution in [0.4, 0.5) is 13.2 Å². The van der Waals surface area contributed by atoms with Crippen LogP contribution in [0, 0.1) is 5.92 Å². The van der Waals surface area contributed by atoms with Gasteiger partial charge in [-0.05, 0) is 24.5 Å². The van der Waals surface area contributed by atoms with Crippen molar-refractivity contribution in [1.29, 1.82) is 0 Å². The number of carbonyl (C=O) groups is 1. The van der Waals surface area contributed by atoms with Crippen LogP contribution in [0.2, 0.25) is 0 Å². The van der Waals surface area contributed by atoms with Gasteiger partial charge in [0.15, 0.2) is 0 Å². The summed E-state index contributed by atoms with van der Waals surface area (Å²) in [6, 6.07) is 6.54. The Morgan fingerprint density at radius 1 is 1.24 bits per heavy atom. The van der Waals surface area contributed by atoms with Crippen molar-refractivity contribution >= 4 is 21.9 Å². The average molecular weight is 367 g/mol. The first-order chi connectivity index (χ1) is 9.85. The molecule has 0 radical (unpaired) electrons. The minimum Gasteiger partial charge on any atom is -0.466 e. The number of halogens is 4. The van der Waals surface area contributed by atoms with Gasteiger partial charge in [-0.15, -0.1) is 0 Å². The monoisotopic (exact) mass is 366 g/mol. The maximum atomic E-state index is 13.2. The highest BCUT2D eigenvalue weighted by atomic mass is 79.9. The summed E-state index contributed by atoms with van der Waals surface area (Å²) in [6.07, 6.45) is -4.62. The molecule has 0 aliphatic heterocycles. The van der Waals surface area contributed by atoms with Gasteiger partial charge < -0.3 is 4.74 Å². The van der Waals surface area contributed by atoms with E-state index in [4.69, 9.17) is 4.74 Å². The minimum absolute atomic E-state index is 0.0586. The molecule has 2 atom stereocenters. The van der Waals surface area contributed by atoms with E-state index in [1.54, 1.807) is 31.2 Å². The Morgan fingerprint density at radius 3 is 2.19 bits per heavy atom. The van der Waals surface area contributed by atoms with Gasteiger partial charge in [0.2, 0.25) is 0 Å². The Balaban J connectivity index is 3.20. The lowest BCUT2D eigenvalue weighted by atomic mass is 9.83. The second-order valence-electron chi connectivity index (χ2n) is 4.66. The molecular weight excluding hydrogens is 349 g/mol. The number of carbonyl (C=O) groups excluding carboxylic acids is 1. The standard InChI is InChI=1S/C15H18BrF3O2/c1-3-12(15(17,18)19)13(14(20)21-4-2)11-7-5-10(9-16)6-8-11/h5-8,12-13H,3-4,9H2,1-2H3. The average Bonchev–Trinajstić information content (AvgIpc) is 2.43. The van der Waals surface area contributed by atoms with E-state index in [1.807, 2.05) is 0 Å². The van der Waals surface area contributed by atoms with Crippen LogP contribution in [0.5, 0.6) is 0 Å². The van der Waals surface area contributed by atoms with Crippen molar-refractivity contribution < 1.29 is 22.7 Å². The van der Waals surface area contributed by atoms with Crippen LogP contribution in [0.25, 0.3) is 0 Å². The number of hydrogen-bond acceptors (Lipinski definition) is 2. The van der Waals surface area contributed by atoms with E-state index in [1.165, 1.54) is 6.92 Å². The van der Waals surface area contributed by atoms with Gasteiger partial charge >= 0.3 is 12.1 Å². The van der Waals surface area contributed by atoms with Crippen LogP contribution >= 0.6 is 15.9 Å². The molecular formula is C15H18BrF3O2. The summed E-state index contributed by atoms with van der Waals surface area (Å²) < 4.78 is 44.4. The lowest BCUT2D eigenvalue weighted by molar-refractivity contribution is -0.190. The Bertz CT molecular complexity index is 457. The van der Waals surface area contributed by atoms with Crippen LogP contribution in [0.15, 0.2) is 24.3 Å². The molecule has 118 valence electrons. The van der Waals surface area contributed by atoms with Crippen LogP contribution in [-0.4, -0.2) is 18.8 Å². The van der Waals surface area contributed by atoms with Crippen molar-refractivity contribution in [1.82, 2.24) is 0 Å². The predicted molar refractivity (Wildman–Crippen MR) is 78.3 cm³/mol. The van der Waals surface area contributed by atoms with Gasteiger partial charge in [0.05, 0.1) is 18.4 Å². The zero-order valence-corrected chi connectivity index (χ0v) is 13.5. The van der Waals surface area contributed by atoms with Gasteiger partial charge in [0.25, 0.3) is 0 Å². The topological polar surface area (TPSA) is 26.3 Å². The molecule has 0 spiro atoms. The quantitative estimate of drug-likeness (QED) is 0.533. The Hall–Kier alpha value is -1.04. The first kappa shape index (κ1) is 18.0. The molecule has 0 N–H and O–H groups in total. The third-order valence-corrected chi connectivity index (χ3v) is 3.94. The summed E-state index contributed by atoms with van der Waals surface area (Å²) in [5.74, 6) is -3.89. The van der Waals surface area contributed by atoms with Gasteiger partial charge in [-0.1, -0.05) is 47.1 Å². The summed E-state index contributed by atoms with van der Waals surface area (Å²) >= 11 is 3.28. The van der Waals surface area contributed by atoms with Gasteiger partial charge in [-0.25, -0.2) is 0 Å². The maximum absolute atomic E-state index is 13.2. The Labute approximate surface area is 130 Å². The van der Waals surface area contributed by atoms with Gasteiger partial charge in [-0.2, -0.15) is 13.2 Å². The van der Waals surface area contributed by atoms with E-state index >= 15 is 0 Å². The fraction of sp³-hybridized carbons (Fsp3) is 0.533. The van der Waals surface area contributed by atoms with Gasteiger partial charge in [0, 0.05) is 5.33 Å². The molecule has 0 fully saturated rings. The van der Waals surface area contributed by atoms with E-state index in [2.05, 4.69) is 15.9 Å². The molecule has 0 bridgehead atoms. The Morgan fingerprint density at radius 2 is 1.81 bits per heavy atom. The summed E-state index contributed by atoms with van der Waals surface area (Å²) in [6.45, 7) is 3.07. The summed E-state index contributed by atoms with van der Waals surface area (Å²) in [4.78, 5) is 12.0. The zero-order chi connectivity index (χ0) is 16.0. The van der Waals surface area contributed by atoms with Crippen LogP contribution in [0.1, 0.15) is 37.3 Å². The molecule has 0 heterocycles. The first-order valence-electron chi connectivity index (χ1n) is 6.73. The molecule has 0 amide bonds. The minimum atomic E-state index is -4.44. The predicted octanol–water partition coefficient (Wildman–Crippen LogP) is 4.82. The van der Waals surface area contributed by atoms with E-state index in [9.17, 15) is 18.0 Å². The normalized spacial score (nSPS) is 14.6. The molecule has 0 saturated heterocycles. The van der Waals surface area contributed by atoms with E-state index in [-0.39, 0.29) is 13.0 Å². The molecule has 2 nitrogen and oxygen atoms in total. The number of rotatable bonds is 6. The van der Waals surface area contributed by atoms with Crippen LogP contribution in [-0.2, 0) is 14.9 Å². The third kappa shape index (κ3) is 4.73. The van der Waals surface area contributed by atoms with E-state index in [0.29, 0.717) is 10.9 Å². The third-order valence-electron chi connectivity index (χ3n) is 3.30. The summed E-state index contributed by atoms with van der Waals surface area (Å²) in [7, 11) is 0. The number of esters is 1. The van der Waals surface area contributed by atoms with Gasteiger partial charge in [0.1, 0.15) is 0 Å².